The van der Waals surface area contributed by atoms with Gasteiger partial charge in [-0.05, 0) is 54.4 Å². The van der Waals surface area contributed by atoms with E-state index in [9.17, 15) is 9.18 Å². The predicted molar refractivity (Wildman–Crippen MR) is 103 cm³/mol. The van der Waals surface area contributed by atoms with Gasteiger partial charge in [-0.1, -0.05) is 0 Å². The lowest BCUT2D eigenvalue weighted by Gasteiger charge is -2.36. The Morgan fingerprint density at radius 1 is 1.00 bits per heavy atom. The van der Waals surface area contributed by atoms with Crippen LogP contribution in [-0.4, -0.2) is 51.2 Å². The van der Waals surface area contributed by atoms with Gasteiger partial charge >= 0.3 is 0 Å². The standard InChI is InChI=1S/C21H25FN2O3/c1-26-19-8-9-20(27-2)16(15-19)3-10-21(25)24-13-11-23(12-14-24)18-6-4-17(22)5-7-18/h4-9,15H,3,10-14H2,1-2H3. The zero-order valence-electron chi connectivity index (χ0n) is 15.8. The molecule has 6 heteroatoms. The summed E-state index contributed by atoms with van der Waals surface area (Å²) in [6, 6.07) is 12.1. The summed E-state index contributed by atoms with van der Waals surface area (Å²) in [5.74, 6) is 1.43. The maximum absolute atomic E-state index is 13.1. The van der Waals surface area contributed by atoms with Gasteiger partial charge in [-0.2, -0.15) is 0 Å². The van der Waals surface area contributed by atoms with Crippen LogP contribution in [0.5, 0.6) is 11.5 Å². The Balaban J connectivity index is 1.53. The molecule has 0 radical (unpaired) electrons. The Kier molecular flexibility index (Phi) is 6.16. The number of methoxy groups -OCH3 is 2. The summed E-state index contributed by atoms with van der Waals surface area (Å²) in [6.45, 7) is 2.84. The molecule has 0 aromatic heterocycles. The third kappa shape index (κ3) is 4.70. The molecule has 1 amide bonds. The monoisotopic (exact) mass is 372 g/mol. The first-order valence-electron chi connectivity index (χ1n) is 9.10. The number of rotatable bonds is 6. The summed E-state index contributed by atoms with van der Waals surface area (Å²) in [4.78, 5) is 16.7. The fraction of sp³-hybridized carbons (Fsp3) is 0.381. The van der Waals surface area contributed by atoms with Gasteiger partial charge in [-0.3, -0.25) is 4.79 Å². The van der Waals surface area contributed by atoms with E-state index in [1.807, 2.05) is 23.1 Å². The minimum atomic E-state index is -0.236. The summed E-state index contributed by atoms with van der Waals surface area (Å²) in [6.07, 6.45) is 1.04. The second-order valence-electron chi connectivity index (χ2n) is 6.52. The number of amides is 1. The highest BCUT2D eigenvalue weighted by molar-refractivity contribution is 5.77. The van der Waals surface area contributed by atoms with E-state index in [2.05, 4.69) is 4.90 Å². The molecule has 2 aromatic carbocycles. The Morgan fingerprint density at radius 2 is 1.70 bits per heavy atom. The van der Waals surface area contributed by atoms with Crippen molar-refractivity contribution in [2.45, 2.75) is 12.8 Å². The molecule has 1 heterocycles. The highest BCUT2D eigenvalue weighted by Crippen LogP contribution is 2.25. The van der Waals surface area contributed by atoms with Gasteiger partial charge in [-0.15, -0.1) is 0 Å². The summed E-state index contributed by atoms with van der Waals surface area (Å²) in [5, 5.41) is 0. The number of anilines is 1. The van der Waals surface area contributed by atoms with Crippen LogP contribution in [0.3, 0.4) is 0 Å². The Morgan fingerprint density at radius 3 is 2.33 bits per heavy atom. The van der Waals surface area contributed by atoms with Crippen LogP contribution in [-0.2, 0) is 11.2 Å². The van der Waals surface area contributed by atoms with Crippen LogP contribution in [0.15, 0.2) is 42.5 Å². The van der Waals surface area contributed by atoms with E-state index < -0.39 is 0 Å². The molecule has 1 aliphatic rings. The molecular weight excluding hydrogens is 347 g/mol. The third-order valence-corrected chi connectivity index (χ3v) is 4.92. The molecule has 0 saturated carbocycles. The number of hydrogen-bond donors (Lipinski definition) is 0. The average Bonchev–Trinajstić information content (AvgIpc) is 2.72. The largest absolute Gasteiger partial charge is 0.497 e. The van der Waals surface area contributed by atoms with Crippen molar-refractivity contribution in [2.24, 2.45) is 0 Å². The number of carbonyl (C=O) groups excluding carboxylic acids is 1. The average molecular weight is 372 g/mol. The molecule has 1 fully saturated rings. The summed E-state index contributed by atoms with van der Waals surface area (Å²) in [5.41, 5.74) is 1.96. The van der Waals surface area contributed by atoms with Crippen LogP contribution >= 0.6 is 0 Å². The van der Waals surface area contributed by atoms with Gasteiger partial charge in [0.15, 0.2) is 0 Å². The van der Waals surface area contributed by atoms with Crippen LogP contribution in [0, 0.1) is 5.82 Å². The van der Waals surface area contributed by atoms with Gasteiger partial charge in [0.25, 0.3) is 0 Å². The molecule has 0 atom stereocenters. The van der Waals surface area contributed by atoms with E-state index in [0.29, 0.717) is 25.9 Å². The Hall–Kier alpha value is -2.76. The van der Waals surface area contributed by atoms with E-state index >= 15 is 0 Å². The van der Waals surface area contributed by atoms with Crippen LogP contribution in [0.4, 0.5) is 10.1 Å². The van der Waals surface area contributed by atoms with Gasteiger partial charge in [0.05, 0.1) is 14.2 Å². The summed E-state index contributed by atoms with van der Waals surface area (Å²) < 4.78 is 23.7. The van der Waals surface area contributed by atoms with Gasteiger partial charge in [0, 0.05) is 38.3 Å². The van der Waals surface area contributed by atoms with Crippen LogP contribution in [0.2, 0.25) is 0 Å². The molecule has 144 valence electrons. The second kappa shape index (κ2) is 8.75. The van der Waals surface area contributed by atoms with Gasteiger partial charge in [0.2, 0.25) is 5.91 Å². The highest BCUT2D eigenvalue weighted by atomic mass is 19.1. The smallest absolute Gasteiger partial charge is 0.223 e. The molecular formula is C21H25FN2O3. The Bertz CT molecular complexity index is 771. The van der Waals surface area contributed by atoms with E-state index in [1.54, 1.807) is 26.4 Å². The SMILES string of the molecule is COc1ccc(OC)c(CCC(=O)N2CCN(c3ccc(F)cc3)CC2)c1. The van der Waals surface area contributed by atoms with E-state index in [1.165, 1.54) is 12.1 Å². The lowest BCUT2D eigenvalue weighted by molar-refractivity contribution is -0.131. The minimum absolute atomic E-state index is 0.138. The maximum Gasteiger partial charge on any atom is 0.223 e. The van der Waals surface area contributed by atoms with Crippen molar-refractivity contribution in [1.29, 1.82) is 0 Å². The normalized spacial score (nSPS) is 14.2. The second-order valence-corrected chi connectivity index (χ2v) is 6.52. The molecule has 0 bridgehead atoms. The van der Waals surface area contributed by atoms with Crippen molar-refractivity contribution in [3.8, 4) is 11.5 Å². The van der Waals surface area contributed by atoms with Crippen LogP contribution < -0.4 is 14.4 Å². The number of ether oxygens (including phenoxy) is 2. The minimum Gasteiger partial charge on any atom is -0.497 e. The zero-order chi connectivity index (χ0) is 19.2. The molecule has 1 aliphatic heterocycles. The lowest BCUT2D eigenvalue weighted by Crippen LogP contribution is -2.48. The number of carbonyl (C=O) groups is 1. The molecule has 27 heavy (non-hydrogen) atoms. The van der Waals surface area contributed by atoms with Crippen molar-refractivity contribution in [2.75, 3.05) is 45.3 Å². The van der Waals surface area contributed by atoms with Crippen molar-refractivity contribution in [1.82, 2.24) is 4.90 Å². The van der Waals surface area contributed by atoms with E-state index in [0.717, 1.165) is 35.8 Å². The van der Waals surface area contributed by atoms with Crippen molar-refractivity contribution >= 4 is 11.6 Å². The molecule has 2 aromatic rings. The highest BCUT2D eigenvalue weighted by Gasteiger charge is 2.21. The summed E-state index contributed by atoms with van der Waals surface area (Å²) >= 11 is 0. The van der Waals surface area contributed by atoms with Gasteiger partial charge in [0.1, 0.15) is 17.3 Å². The third-order valence-electron chi connectivity index (χ3n) is 4.92. The lowest BCUT2D eigenvalue weighted by atomic mass is 10.1. The summed E-state index contributed by atoms with van der Waals surface area (Å²) in [7, 11) is 3.25. The number of halogens is 1. The molecule has 3 rings (SSSR count). The van der Waals surface area contributed by atoms with Crippen molar-refractivity contribution in [3.63, 3.8) is 0 Å². The number of benzene rings is 2. The Labute approximate surface area is 159 Å². The first kappa shape index (κ1) is 19.0. The molecule has 1 saturated heterocycles. The van der Waals surface area contributed by atoms with Gasteiger partial charge < -0.3 is 19.3 Å². The number of hydrogen-bond acceptors (Lipinski definition) is 4. The first-order valence-corrected chi connectivity index (χ1v) is 9.10. The fourth-order valence-electron chi connectivity index (χ4n) is 3.34. The number of piperazine rings is 1. The molecule has 0 aliphatic carbocycles. The predicted octanol–water partition coefficient (Wildman–Crippen LogP) is 3.12. The zero-order valence-corrected chi connectivity index (χ0v) is 15.8. The number of nitrogens with zero attached hydrogens (tertiary/aromatic N) is 2. The van der Waals surface area contributed by atoms with E-state index in [4.69, 9.17) is 9.47 Å². The molecule has 0 unspecified atom stereocenters. The van der Waals surface area contributed by atoms with Crippen molar-refractivity contribution in [3.05, 3.63) is 53.8 Å². The molecule has 5 nitrogen and oxygen atoms in total. The molecule has 0 N–H and O–H groups in total. The van der Waals surface area contributed by atoms with Gasteiger partial charge in [-0.25, -0.2) is 4.39 Å². The van der Waals surface area contributed by atoms with E-state index in [-0.39, 0.29) is 11.7 Å². The van der Waals surface area contributed by atoms with Crippen molar-refractivity contribution < 1.29 is 18.7 Å². The maximum atomic E-state index is 13.1. The molecule has 0 spiro atoms. The fourth-order valence-corrected chi connectivity index (χ4v) is 3.34. The first-order chi connectivity index (χ1) is 13.1. The number of aryl methyl sites for hydroxylation is 1. The topological polar surface area (TPSA) is 42.0 Å². The quantitative estimate of drug-likeness (QED) is 0.781. The van der Waals surface area contributed by atoms with Crippen LogP contribution in [0.1, 0.15) is 12.0 Å². The van der Waals surface area contributed by atoms with Crippen LogP contribution in [0.25, 0.3) is 0 Å².